The molecule has 8 heteroatoms. The minimum atomic E-state index is -3.40. The van der Waals surface area contributed by atoms with Crippen LogP contribution in [0, 0.1) is 13.8 Å². The van der Waals surface area contributed by atoms with Gasteiger partial charge in [0.05, 0.1) is 23.8 Å². The Bertz CT molecular complexity index is 1090. The van der Waals surface area contributed by atoms with Crippen LogP contribution < -0.4 is 10.0 Å². The van der Waals surface area contributed by atoms with Crippen molar-refractivity contribution in [3.8, 4) is 5.69 Å². The number of rotatable bonds is 5. The van der Waals surface area contributed by atoms with Crippen LogP contribution >= 0.6 is 0 Å². The third kappa shape index (κ3) is 4.73. The second kappa shape index (κ2) is 7.24. The number of carbonyl (C=O) groups excluding carboxylic acids is 1. The molecule has 3 aromatic rings. The van der Waals surface area contributed by atoms with Crippen LogP contribution in [0.3, 0.4) is 0 Å². The van der Waals surface area contributed by atoms with E-state index >= 15 is 0 Å². The Balaban J connectivity index is 1.76. The van der Waals surface area contributed by atoms with Crippen LogP contribution in [0.25, 0.3) is 5.69 Å². The summed E-state index contributed by atoms with van der Waals surface area (Å²) >= 11 is 0. The van der Waals surface area contributed by atoms with Crippen molar-refractivity contribution in [2.24, 2.45) is 0 Å². The highest BCUT2D eigenvalue weighted by Crippen LogP contribution is 2.22. The molecular formula is C19H20N4O3S. The highest BCUT2D eigenvalue weighted by atomic mass is 32.2. The molecule has 0 aliphatic carbocycles. The molecule has 7 nitrogen and oxygen atoms in total. The van der Waals surface area contributed by atoms with Crippen molar-refractivity contribution < 1.29 is 13.2 Å². The number of carbonyl (C=O) groups is 1. The van der Waals surface area contributed by atoms with Gasteiger partial charge in [0.2, 0.25) is 10.0 Å². The summed E-state index contributed by atoms with van der Waals surface area (Å²) in [5.41, 5.74) is 4.09. The van der Waals surface area contributed by atoms with Gasteiger partial charge in [0, 0.05) is 17.4 Å². The van der Waals surface area contributed by atoms with E-state index in [1.54, 1.807) is 48.1 Å². The zero-order chi connectivity index (χ0) is 19.6. The maximum atomic E-state index is 12.5. The lowest BCUT2D eigenvalue weighted by atomic mass is 10.1. The largest absolute Gasteiger partial charge is 0.322 e. The minimum Gasteiger partial charge on any atom is -0.322 e. The second-order valence-electron chi connectivity index (χ2n) is 6.37. The zero-order valence-corrected chi connectivity index (χ0v) is 16.0. The quantitative estimate of drug-likeness (QED) is 0.707. The SMILES string of the molecule is Cc1cnn(-c2ccc(C(=O)Nc3ccc(C)c(NS(C)(=O)=O)c3)cc2)c1. The molecule has 27 heavy (non-hydrogen) atoms. The van der Waals surface area contributed by atoms with Gasteiger partial charge in [-0.15, -0.1) is 0 Å². The average molecular weight is 384 g/mol. The van der Waals surface area contributed by atoms with E-state index in [0.29, 0.717) is 16.9 Å². The first-order chi connectivity index (χ1) is 12.7. The fraction of sp³-hybridized carbons (Fsp3) is 0.158. The van der Waals surface area contributed by atoms with Crippen LogP contribution in [0.1, 0.15) is 21.5 Å². The van der Waals surface area contributed by atoms with Crippen molar-refractivity contribution in [1.29, 1.82) is 0 Å². The van der Waals surface area contributed by atoms with Crippen LogP contribution in [0.5, 0.6) is 0 Å². The van der Waals surface area contributed by atoms with Gasteiger partial charge in [-0.05, 0) is 61.4 Å². The Morgan fingerprint density at radius 2 is 1.78 bits per heavy atom. The molecule has 0 saturated heterocycles. The number of amides is 1. The topological polar surface area (TPSA) is 93.1 Å². The van der Waals surface area contributed by atoms with Crippen LogP contribution in [-0.4, -0.2) is 30.4 Å². The summed E-state index contributed by atoms with van der Waals surface area (Å²) in [5, 5.41) is 7.01. The number of benzene rings is 2. The van der Waals surface area contributed by atoms with Gasteiger partial charge in [0.15, 0.2) is 0 Å². The molecule has 3 rings (SSSR count). The predicted octanol–water partition coefficient (Wildman–Crippen LogP) is 3.11. The van der Waals surface area contributed by atoms with Gasteiger partial charge in [-0.25, -0.2) is 13.1 Å². The number of nitrogens with one attached hydrogen (secondary N) is 2. The first-order valence-electron chi connectivity index (χ1n) is 8.23. The Morgan fingerprint density at radius 3 is 2.37 bits per heavy atom. The predicted molar refractivity (Wildman–Crippen MR) is 106 cm³/mol. The van der Waals surface area contributed by atoms with Crippen molar-refractivity contribution >= 4 is 27.3 Å². The molecule has 0 unspecified atom stereocenters. The molecule has 2 N–H and O–H groups in total. The molecule has 0 saturated carbocycles. The van der Waals surface area contributed by atoms with E-state index < -0.39 is 10.0 Å². The summed E-state index contributed by atoms with van der Waals surface area (Å²) < 4.78 is 27.1. The number of hydrogen-bond acceptors (Lipinski definition) is 4. The standard InChI is InChI=1S/C19H20N4O3S/c1-13-11-20-23(12-13)17-8-5-15(6-9-17)19(24)21-16-7-4-14(2)18(10-16)22-27(3,25)26/h4-12,22H,1-3H3,(H,21,24). The molecule has 0 aliphatic rings. The molecule has 0 spiro atoms. The fourth-order valence-corrected chi connectivity index (χ4v) is 3.15. The maximum Gasteiger partial charge on any atom is 0.255 e. The normalized spacial score (nSPS) is 11.2. The molecule has 0 fully saturated rings. The summed E-state index contributed by atoms with van der Waals surface area (Å²) in [5.74, 6) is -0.285. The van der Waals surface area contributed by atoms with Crippen LogP contribution in [-0.2, 0) is 10.0 Å². The lowest BCUT2D eigenvalue weighted by Gasteiger charge is -2.11. The Hall–Kier alpha value is -3.13. The fourth-order valence-electron chi connectivity index (χ4n) is 2.53. The van der Waals surface area contributed by atoms with Gasteiger partial charge in [0.25, 0.3) is 5.91 Å². The summed E-state index contributed by atoms with van der Waals surface area (Å²) in [6.07, 6.45) is 4.75. The van der Waals surface area contributed by atoms with E-state index in [9.17, 15) is 13.2 Å². The van der Waals surface area contributed by atoms with Crippen molar-refractivity contribution in [2.45, 2.75) is 13.8 Å². The van der Waals surface area contributed by atoms with E-state index in [0.717, 1.165) is 23.1 Å². The molecule has 140 valence electrons. The third-order valence-electron chi connectivity index (χ3n) is 3.90. The molecule has 1 amide bonds. The molecule has 1 heterocycles. The first-order valence-corrected chi connectivity index (χ1v) is 10.1. The average Bonchev–Trinajstić information content (AvgIpc) is 3.03. The van der Waals surface area contributed by atoms with E-state index in [-0.39, 0.29) is 5.91 Å². The van der Waals surface area contributed by atoms with Gasteiger partial charge in [0.1, 0.15) is 0 Å². The number of aryl methyl sites for hydroxylation is 2. The van der Waals surface area contributed by atoms with Crippen molar-refractivity contribution in [3.05, 3.63) is 71.5 Å². The lowest BCUT2D eigenvalue weighted by molar-refractivity contribution is 0.102. The van der Waals surface area contributed by atoms with Crippen molar-refractivity contribution in [1.82, 2.24) is 9.78 Å². The smallest absolute Gasteiger partial charge is 0.255 e. The van der Waals surface area contributed by atoms with E-state index in [2.05, 4.69) is 15.1 Å². The first kappa shape index (κ1) is 18.7. The molecule has 0 radical (unpaired) electrons. The summed E-state index contributed by atoms with van der Waals surface area (Å²) in [4.78, 5) is 12.5. The lowest BCUT2D eigenvalue weighted by Crippen LogP contribution is -2.14. The highest BCUT2D eigenvalue weighted by molar-refractivity contribution is 7.92. The molecule has 0 bridgehead atoms. The Morgan fingerprint density at radius 1 is 1.07 bits per heavy atom. The van der Waals surface area contributed by atoms with E-state index in [1.165, 1.54) is 0 Å². The zero-order valence-electron chi connectivity index (χ0n) is 15.2. The van der Waals surface area contributed by atoms with Gasteiger partial charge in [-0.3, -0.25) is 9.52 Å². The monoisotopic (exact) mass is 384 g/mol. The maximum absolute atomic E-state index is 12.5. The van der Waals surface area contributed by atoms with Gasteiger partial charge in [-0.1, -0.05) is 6.07 Å². The van der Waals surface area contributed by atoms with E-state index in [4.69, 9.17) is 0 Å². The molecular weight excluding hydrogens is 364 g/mol. The highest BCUT2D eigenvalue weighted by Gasteiger charge is 2.10. The van der Waals surface area contributed by atoms with Gasteiger partial charge < -0.3 is 5.32 Å². The molecule has 0 aliphatic heterocycles. The third-order valence-corrected chi connectivity index (χ3v) is 4.49. The summed E-state index contributed by atoms with van der Waals surface area (Å²) in [6.45, 7) is 3.74. The van der Waals surface area contributed by atoms with E-state index in [1.807, 2.05) is 25.3 Å². The molecule has 2 aromatic carbocycles. The Kier molecular flexibility index (Phi) is 5.00. The summed E-state index contributed by atoms with van der Waals surface area (Å²) in [7, 11) is -3.40. The Labute approximate surface area is 158 Å². The number of hydrogen-bond donors (Lipinski definition) is 2. The van der Waals surface area contributed by atoms with Crippen molar-refractivity contribution in [2.75, 3.05) is 16.3 Å². The molecule has 0 atom stereocenters. The second-order valence-corrected chi connectivity index (χ2v) is 8.12. The number of aromatic nitrogens is 2. The van der Waals surface area contributed by atoms with Gasteiger partial charge >= 0.3 is 0 Å². The number of nitrogens with zero attached hydrogens (tertiary/aromatic N) is 2. The van der Waals surface area contributed by atoms with Crippen LogP contribution in [0.2, 0.25) is 0 Å². The van der Waals surface area contributed by atoms with Crippen LogP contribution in [0.4, 0.5) is 11.4 Å². The number of anilines is 2. The van der Waals surface area contributed by atoms with Gasteiger partial charge in [-0.2, -0.15) is 5.10 Å². The minimum absolute atomic E-state index is 0.285. The van der Waals surface area contributed by atoms with Crippen LogP contribution in [0.15, 0.2) is 54.9 Å². The van der Waals surface area contributed by atoms with Crippen molar-refractivity contribution in [3.63, 3.8) is 0 Å². The molecule has 1 aromatic heterocycles. The summed E-state index contributed by atoms with van der Waals surface area (Å²) in [6, 6.07) is 12.1. The number of sulfonamides is 1.